The van der Waals surface area contributed by atoms with Crippen molar-refractivity contribution in [2.75, 3.05) is 7.05 Å². The Morgan fingerprint density at radius 1 is 1.29 bits per heavy atom. The number of nitrogens with zero attached hydrogens (tertiary/aromatic N) is 2. The Labute approximate surface area is 103 Å². The molecule has 1 heterocycles. The van der Waals surface area contributed by atoms with Gasteiger partial charge in [-0.1, -0.05) is 26.0 Å². The summed E-state index contributed by atoms with van der Waals surface area (Å²) < 4.78 is 2.20. The van der Waals surface area contributed by atoms with Gasteiger partial charge < -0.3 is 9.88 Å². The third-order valence-electron chi connectivity index (χ3n) is 3.46. The zero-order valence-corrected chi connectivity index (χ0v) is 11.1. The lowest BCUT2D eigenvalue weighted by molar-refractivity contribution is 0.415. The van der Waals surface area contributed by atoms with Crippen molar-refractivity contribution < 1.29 is 0 Å². The molecule has 3 heteroatoms. The summed E-state index contributed by atoms with van der Waals surface area (Å²) in [5, 5.41) is 3.37. The third kappa shape index (κ3) is 2.34. The molecule has 1 aromatic carbocycles. The molecule has 2 aromatic rings. The molecule has 17 heavy (non-hydrogen) atoms. The summed E-state index contributed by atoms with van der Waals surface area (Å²) in [5.74, 6) is 1.76. The maximum atomic E-state index is 4.71. The van der Waals surface area contributed by atoms with Crippen molar-refractivity contribution in [1.82, 2.24) is 14.9 Å². The summed E-state index contributed by atoms with van der Waals surface area (Å²) in [5.41, 5.74) is 2.30. The molecule has 0 amide bonds. The van der Waals surface area contributed by atoms with Gasteiger partial charge in [-0.05, 0) is 25.1 Å². The van der Waals surface area contributed by atoms with Gasteiger partial charge in [0.1, 0.15) is 5.82 Å². The minimum atomic E-state index is 0.477. The summed E-state index contributed by atoms with van der Waals surface area (Å²) >= 11 is 0. The van der Waals surface area contributed by atoms with Crippen LogP contribution in [0.4, 0.5) is 0 Å². The molecule has 0 aliphatic heterocycles. The average Bonchev–Trinajstić information content (AvgIpc) is 2.63. The van der Waals surface area contributed by atoms with Gasteiger partial charge in [-0.3, -0.25) is 0 Å². The first-order valence-electron chi connectivity index (χ1n) is 6.21. The van der Waals surface area contributed by atoms with Crippen LogP contribution in [0.3, 0.4) is 0 Å². The predicted octanol–water partition coefficient (Wildman–Crippen LogP) is 2.36. The number of likely N-dealkylation sites (N-methyl/N-ethyl adjacent to an activating group) is 1. The van der Waals surface area contributed by atoms with Crippen LogP contribution in [0.1, 0.15) is 19.7 Å². The van der Waals surface area contributed by atoms with Crippen LogP contribution in [-0.4, -0.2) is 22.6 Å². The molecule has 0 saturated carbocycles. The van der Waals surface area contributed by atoms with Crippen molar-refractivity contribution in [1.29, 1.82) is 0 Å². The van der Waals surface area contributed by atoms with E-state index in [0.29, 0.717) is 12.0 Å². The Balaban J connectivity index is 2.33. The van der Waals surface area contributed by atoms with E-state index in [1.54, 1.807) is 0 Å². The van der Waals surface area contributed by atoms with Gasteiger partial charge in [0.15, 0.2) is 0 Å². The molecule has 1 unspecified atom stereocenters. The van der Waals surface area contributed by atoms with Gasteiger partial charge in [0.05, 0.1) is 11.0 Å². The highest BCUT2D eigenvalue weighted by Crippen LogP contribution is 2.16. The molecule has 0 spiro atoms. The van der Waals surface area contributed by atoms with Crippen LogP contribution >= 0.6 is 0 Å². The lowest BCUT2D eigenvalue weighted by Gasteiger charge is -2.19. The summed E-state index contributed by atoms with van der Waals surface area (Å²) in [6.45, 7) is 4.48. The highest BCUT2D eigenvalue weighted by Gasteiger charge is 2.15. The molecule has 0 aliphatic carbocycles. The van der Waals surface area contributed by atoms with E-state index in [2.05, 4.69) is 49.0 Å². The zero-order valence-electron chi connectivity index (χ0n) is 11.1. The first kappa shape index (κ1) is 12.1. The van der Waals surface area contributed by atoms with Crippen molar-refractivity contribution in [3.8, 4) is 0 Å². The molecule has 92 valence electrons. The Morgan fingerprint density at radius 2 is 2.00 bits per heavy atom. The summed E-state index contributed by atoms with van der Waals surface area (Å²) in [7, 11) is 4.12. The number of hydrogen-bond acceptors (Lipinski definition) is 2. The molecule has 2 rings (SSSR count). The van der Waals surface area contributed by atoms with Crippen molar-refractivity contribution in [3.63, 3.8) is 0 Å². The predicted molar refractivity (Wildman–Crippen MR) is 72.1 cm³/mol. The topological polar surface area (TPSA) is 29.9 Å². The maximum absolute atomic E-state index is 4.71. The number of imidazole rings is 1. The second-order valence-electron chi connectivity index (χ2n) is 4.92. The number of rotatable bonds is 4. The highest BCUT2D eigenvalue weighted by molar-refractivity contribution is 5.75. The van der Waals surface area contributed by atoms with E-state index in [4.69, 9.17) is 4.98 Å². The molecule has 0 fully saturated rings. The molecule has 1 atom stereocenters. The highest BCUT2D eigenvalue weighted by atomic mass is 15.1. The maximum Gasteiger partial charge on any atom is 0.111 e. The minimum Gasteiger partial charge on any atom is -0.331 e. The number of aromatic nitrogens is 2. The van der Waals surface area contributed by atoms with Crippen LogP contribution in [0.2, 0.25) is 0 Å². The number of aryl methyl sites for hydroxylation is 1. The van der Waals surface area contributed by atoms with Gasteiger partial charge in [0, 0.05) is 19.5 Å². The standard InChI is InChI=1S/C14H21N3/c1-10(2)12(15-3)9-14-16-11-7-5-6-8-13(11)17(14)4/h5-8,10,12,15H,9H2,1-4H3. The van der Waals surface area contributed by atoms with Crippen LogP contribution in [0.25, 0.3) is 11.0 Å². The fourth-order valence-electron chi connectivity index (χ4n) is 2.25. The molecule has 0 radical (unpaired) electrons. The van der Waals surface area contributed by atoms with Crippen LogP contribution in [0.15, 0.2) is 24.3 Å². The molecule has 1 N–H and O–H groups in total. The average molecular weight is 231 g/mol. The van der Waals surface area contributed by atoms with E-state index in [9.17, 15) is 0 Å². The van der Waals surface area contributed by atoms with Gasteiger partial charge in [-0.2, -0.15) is 0 Å². The SMILES string of the molecule is CNC(Cc1nc2ccccc2n1C)C(C)C. The summed E-state index contributed by atoms with van der Waals surface area (Å²) in [6, 6.07) is 8.77. The van der Waals surface area contributed by atoms with Gasteiger partial charge in [0.25, 0.3) is 0 Å². The summed E-state index contributed by atoms with van der Waals surface area (Å²) in [4.78, 5) is 4.71. The smallest absolute Gasteiger partial charge is 0.111 e. The normalized spacial score (nSPS) is 13.5. The van der Waals surface area contributed by atoms with Crippen LogP contribution < -0.4 is 5.32 Å². The third-order valence-corrected chi connectivity index (χ3v) is 3.46. The zero-order chi connectivity index (χ0) is 12.4. The fourth-order valence-corrected chi connectivity index (χ4v) is 2.25. The number of fused-ring (bicyclic) bond motifs is 1. The second-order valence-corrected chi connectivity index (χ2v) is 4.92. The molecule has 0 aliphatic rings. The van der Waals surface area contributed by atoms with Crippen LogP contribution in [-0.2, 0) is 13.5 Å². The summed E-state index contributed by atoms with van der Waals surface area (Å²) in [6.07, 6.45) is 0.972. The number of hydrogen-bond donors (Lipinski definition) is 1. The van der Waals surface area contributed by atoms with Crippen molar-refractivity contribution in [3.05, 3.63) is 30.1 Å². The van der Waals surface area contributed by atoms with E-state index >= 15 is 0 Å². The Hall–Kier alpha value is -1.35. The van der Waals surface area contributed by atoms with E-state index in [0.717, 1.165) is 17.8 Å². The number of benzene rings is 1. The quantitative estimate of drug-likeness (QED) is 0.875. The van der Waals surface area contributed by atoms with Gasteiger partial charge in [-0.15, -0.1) is 0 Å². The molecule has 0 saturated heterocycles. The van der Waals surface area contributed by atoms with Crippen LogP contribution in [0, 0.1) is 5.92 Å². The molecular formula is C14H21N3. The van der Waals surface area contributed by atoms with Gasteiger partial charge in [0.2, 0.25) is 0 Å². The fraction of sp³-hybridized carbons (Fsp3) is 0.500. The van der Waals surface area contributed by atoms with Crippen LogP contribution in [0.5, 0.6) is 0 Å². The minimum absolute atomic E-state index is 0.477. The largest absolute Gasteiger partial charge is 0.331 e. The molecule has 1 aromatic heterocycles. The first-order valence-corrected chi connectivity index (χ1v) is 6.21. The van der Waals surface area contributed by atoms with E-state index in [1.165, 1.54) is 5.52 Å². The Morgan fingerprint density at radius 3 is 2.59 bits per heavy atom. The van der Waals surface area contributed by atoms with E-state index in [1.807, 2.05) is 13.1 Å². The van der Waals surface area contributed by atoms with Gasteiger partial charge in [-0.25, -0.2) is 4.98 Å². The monoisotopic (exact) mass is 231 g/mol. The lowest BCUT2D eigenvalue weighted by Crippen LogP contribution is -2.33. The lowest BCUT2D eigenvalue weighted by atomic mass is 10.0. The Kier molecular flexibility index (Phi) is 3.48. The molecule has 3 nitrogen and oxygen atoms in total. The second kappa shape index (κ2) is 4.88. The van der Waals surface area contributed by atoms with Crippen molar-refractivity contribution in [2.45, 2.75) is 26.3 Å². The van der Waals surface area contributed by atoms with Crippen molar-refractivity contribution in [2.24, 2.45) is 13.0 Å². The first-order chi connectivity index (χ1) is 8.13. The van der Waals surface area contributed by atoms with Crippen molar-refractivity contribution >= 4 is 11.0 Å². The number of para-hydroxylation sites is 2. The van der Waals surface area contributed by atoms with E-state index < -0.39 is 0 Å². The number of nitrogens with one attached hydrogen (secondary N) is 1. The molecule has 0 bridgehead atoms. The Bertz CT molecular complexity index is 499. The van der Waals surface area contributed by atoms with E-state index in [-0.39, 0.29) is 0 Å². The molecular weight excluding hydrogens is 210 g/mol. The van der Waals surface area contributed by atoms with Gasteiger partial charge >= 0.3 is 0 Å².